The molecule has 5 nitrogen and oxygen atoms in total. The fraction of sp³-hybridized carbons (Fsp3) is 0.179. The van der Waals surface area contributed by atoms with Crippen LogP contribution in [0.3, 0.4) is 0 Å². The van der Waals surface area contributed by atoms with E-state index in [2.05, 4.69) is 60.0 Å². The van der Waals surface area contributed by atoms with Gasteiger partial charge in [0, 0.05) is 15.6 Å². The number of para-hydroxylation sites is 1. The van der Waals surface area contributed by atoms with Gasteiger partial charge in [-0.1, -0.05) is 47.5 Å². The van der Waals surface area contributed by atoms with Crippen molar-refractivity contribution >= 4 is 63.5 Å². The number of ether oxygens (including phenoxy) is 1. The molecule has 0 saturated carbocycles. The van der Waals surface area contributed by atoms with Crippen molar-refractivity contribution in [2.45, 2.75) is 27.2 Å². The van der Waals surface area contributed by atoms with Gasteiger partial charge >= 0.3 is 0 Å². The molecular weight excluding hydrogens is 571 g/mol. The maximum absolute atomic E-state index is 13.3. The Balaban J connectivity index is 1.72. The maximum Gasteiger partial charge on any atom is 0.270 e. The summed E-state index contributed by atoms with van der Waals surface area (Å²) in [6.45, 7) is 6.63. The van der Waals surface area contributed by atoms with Gasteiger partial charge in [-0.2, -0.15) is 0 Å². The van der Waals surface area contributed by atoms with Crippen LogP contribution < -0.4 is 15.0 Å². The lowest BCUT2D eigenvalue weighted by Gasteiger charge is -2.28. The van der Waals surface area contributed by atoms with E-state index in [-0.39, 0.29) is 10.7 Å². The van der Waals surface area contributed by atoms with Crippen LogP contribution in [0.2, 0.25) is 0 Å². The van der Waals surface area contributed by atoms with Crippen LogP contribution in [0.25, 0.3) is 6.08 Å². The standard InChI is InChI=1S/C28H25IN2O3S/c1-4-34-25-16-20(15-24(29)22(25)13-19-11-17(2)10-18(3)12-19)14-23-26(32)30-28(35)31(27(23)33)21-8-6-5-7-9-21/h5-12,14-16H,4,13H2,1-3H3,(H,30,32,35)/b23-14-. The number of carbonyl (C=O) groups excluding carboxylic acids is 2. The molecule has 7 heteroatoms. The molecule has 0 atom stereocenters. The van der Waals surface area contributed by atoms with Crippen LogP contribution in [0.4, 0.5) is 5.69 Å². The molecule has 1 N–H and O–H groups in total. The van der Waals surface area contributed by atoms with Crippen molar-refractivity contribution in [1.82, 2.24) is 5.32 Å². The zero-order valence-electron chi connectivity index (χ0n) is 19.7. The van der Waals surface area contributed by atoms with Gasteiger partial charge in [-0.15, -0.1) is 0 Å². The van der Waals surface area contributed by atoms with Crippen LogP contribution in [0.1, 0.15) is 34.7 Å². The summed E-state index contributed by atoms with van der Waals surface area (Å²) < 4.78 is 6.99. The van der Waals surface area contributed by atoms with E-state index in [9.17, 15) is 9.59 Å². The van der Waals surface area contributed by atoms with E-state index in [0.717, 1.165) is 21.3 Å². The summed E-state index contributed by atoms with van der Waals surface area (Å²) in [6.07, 6.45) is 2.32. The molecule has 0 spiro atoms. The van der Waals surface area contributed by atoms with Gasteiger partial charge in [0.1, 0.15) is 11.3 Å². The average Bonchev–Trinajstić information content (AvgIpc) is 2.79. The molecule has 0 unspecified atom stereocenters. The normalized spacial score (nSPS) is 14.9. The molecule has 1 saturated heterocycles. The quantitative estimate of drug-likeness (QED) is 0.171. The highest BCUT2D eigenvalue weighted by molar-refractivity contribution is 14.1. The number of benzene rings is 3. The minimum atomic E-state index is -0.514. The molecule has 0 aromatic heterocycles. The van der Waals surface area contributed by atoms with Crippen LogP contribution in [0, 0.1) is 17.4 Å². The first-order valence-corrected chi connectivity index (χ1v) is 12.7. The van der Waals surface area contributed by atoms with Crippen molar-refractivity contribution in [3.05, 3.63) is 97.6 Å². The third kappa shape index (κ3) is 5.62. The number of hydrogen-bond donors (Lipinski definition) is 1. The largest absolute Gasteiger partial charge is 0.494 e. The van der Waals surface area contributed by atoms with Crippen LogP contribution >= 0.6 is 34.8 Å². The van der Waals surface area contributed by atoms with Crippen LogP contribution in [0.5, 0.6) is 5.75 Å². The predicted molar refractivity (Wildman–Crippen MR) is 152 cm³/mol. The minimum Gasteiger partial charge on any atom is -0.494 e. The van der Waals surface area contributed by atoms with E-state index in [4.69, 9.17) is 17.0 Å². The average molecular weight is 596 g/mol. The summed E-state index contributed by atoms with van der Waals surface area (Å²) in [4.78, 5) is 27.3. The Hall–Kier alpha value is -3.04. The molecular formula is C28H25IN2O3S. The van der Waals surface area contributed by atoms with Crippen LogP contribution in [0.15, 0.2) is 66.2 Å². The molecule has 1 aliphatic rings. The highest BCUT2D eigenvalue weighted by Gasteiger charge is 2.34. The lowest BCUT2D eigenvalue weighted by atomic mass is 9.98. The van der Waals surface area contributed by atoms with Crippen molar-refractivity contribution in [2.24, 2.45) is 0 Å². The fourth-order valence-corrected chi connectivity index (χ4v) is 5.28. The number of nitrogens with one attached hydrogen (secondary N) is 1. The topological polar surface area (TPSA) is 58.6 Å². The van der Waals surface area contributed by atoms with Crippen LogP contribution in [-0.4, -0.2) is 23.5 Å². The minimum absolute atomic E-state index is 0.0164. The molecule has 3 aromatic carbocycles. The summed E-state index contributed by atoms with van der Waals surface area (Å²) >= 11 is 7.57. The molecule has 1 aliphatic heterocycles. The molecule has 1 fully saturated rings. The first kappa shape index (κ1) is 25.1. The summed E-state index contributed by atoms with van der Waals surface area (Å²) in [5.41, 5.74) is 6.05. The third-order valence-corrected chi connectivity index (χ3v) is 6.81. The molecule has 35 heavy (non-hydrogen) atoms. The SMILES string of the molecule is CCOc1cc(/C=C2/C(=O)NC(=S)N(c3ccccc3)C2=O)cc(I)c1Cc1cc(C)cc(C)c1. The second-order valence-electron chi connectivity index (χ2n) is 8.38. The number of rotatable bonds is 6. The summed E-state index contributed by atoms with van der Waals surface area (Å²) in [6, 6.07) is 19.4. The molecule has 178 valence electrons. The second kappa shape index (κ2) is 10.7. The third-order valence-electron chi connectivity index (χ3n) is 5.57. The molecule has 1 heterocycles. The van der Waals surface area contributed by atoms with E-state index in [1.54, 1.807) is 18.2 Å². The maximum atomic E-state index is 13.3. The number of halogens is 1. The van der Waals surface area contributed by atoms with E-state index in [1.807, 2.05) is 37.3 Å². The molecule has 0 bridgehead atoms. The van der Waals surface area contributed by atoms with Gasteiger partial charge in [0.15, 0.2) is 5.11 Å². The monoisotopic (exact) mass is 596 g/mol. The highest BCUT2D eigenvalue weighted by Crippen LogP contribution is 2.31. The molecule has 4 rings (SSSR count). The van der Waals surface area contributed by atoms with Gasteiger partial charge in [-0.05, 0) is 97.0 Å². The number of anilines is 1. The van der Waals surface area contributed by atoms with E-state index in [1.165, 1.54) is 21.6 Å². The van der Waals surface area contributed by atoms with Gasteiger partial charge in [-0.25, -0.2) is 0 Å². The highest BCUT2D eigenvalue weighted by atomic mass is 127. The Morgan fingerprint density at radius 2 is 1.71 bits per heavy atom. The van der Waals surface area contributed by atoms with E-state index >= 15 is 0 Å². The second-order valence-corrected chi connectivity index (χ2v) is 9.93. The Morgan fingerprint density at radius 1 is 1.03 bits per heavy atom. The number of nitrogens with zero attached hydrogens (tertiary/aromatic N) is 1. The lowest BCUT2D eigenvalue weighted by molar-refractivity contribution is -0.122. The molecule has 2 amide bonds. The van der Waals surface area contributed by atoms with E-state index < -0.39 is 11.8 Å². The molecule has 0 radical (unpaired) electrons. The smallest absolute Gasteiger partial charge is 0.270 e. The Bertz CT molecular complexity index is 1330. The van der Waals surface area contributed by atoms with Crippen molar-refractivity contribution in [3.8, 4) is 5.75 Å². The first-order chi connectivity index (χ1) is 16.8. The van der Waals surface area contributed by atoms with Crippen LogP contribution in [-0.2, 0) is 16.0 Å². The summed E-state index contributed by atoms with van der Waals surface area (Å²) in [5, 5.41) is 2.70. The van der Waals surface area contributed by atoms with E-state index in [0.29, 0.717) is 17.9 Å². The fourth-order valence-electron chi connectivity index (χ4n) is 4.18. The Morgan fingerprint density at radius 3 is 2.37 bits per heavy atom. The first-order valence-electron chi connectivity index (χ1n) is 11.3. The number of amides is 2. The van der Waals surface area contributed by atoms with Gasteiger partial charge in [0.05, 0.1) is 12.3 Å². The number of carbonyl (C=O) groups is 2. The zero-order chi connectivity index (χ0) is 25.1. The number of hydrogen-bond acceptors (Lipinski definition) is 4. The van der Waals surface area contributed by atoms with Gasteiger partial charge in [-0.3, -0.25) is 19.8 Å². The molecule has 0 aliphatic carbocycles. The van der Waals surface area contributed by atoms with Crippen molar-refractivity contribution in [3.63, 3.8) is 0 Å². The predicted octanol–water partition coefficient (Wildman–Crippen LogP) is 5.73. The van der Waals surface area contributed by atoms with Gasteiger partial charge in [0.25, 0.3) is 11.8 Å². The van der Waals surface area contributed by atoms with Crippen molar-refractivity contribution in [1.29, 1.82) is 0 Å². The molecule has 3 aromatic rings. The Labute approximate surface area is 224 Å². The van der Waals surface area contributed by atoms with Crippen molar-refractivity contribution < 1.29 is 14.3 Å². The summed E-state index contributed by atoms with van der Waals surface area (Å²) in [5.74, 6) is -0.235. The summed E-state index contributed by atoms with van der Waals surface area (Å²) in [7, 11) is 0. The Kier molecular flexibility index (Phi) is 7.66. The number of thiocarbonyl (C=S) groups is 1. The van der Waals surface area contributed by atoms with Gasteiger partial charge < -0.3 is 4.74 Å². The lowest BCUT2D eigenvalue weighted by Crippen LogP contribution is -2.54. The van der Waals surface area contributed by atoms with Crippen molar-refractivity contribution in [2.75, 3.05) is 11.5 Å². The van der Waals surface area contributed by atoms with Gasteiger partial charge in [0.2, 0.25) is 0 Å². The zero-order valence-corrected chi connectivity index (χ0v) is 22.7. The number of aryl methyl sites for hydroxylation is 2.